The molecule has 1 aromatic heterocycles. The molecule has 0 aliphatic heterocycles. The minimum absolute atomic E-state index is 0.506. The van der Waals surface area contributed by atoms with Crippen LogP contribution < -0.4 is 10.5 Å². The lowest BCUT2D eigenvalue weighted by Crippen LogP contribution is -2.07. The van der Waals surface area contributed by atoms with Crippen molar-refractivity contribution in [2.75, 3.05) is 26.1 Å². The van der Waals surface area contributed by atoms with Gasteiger partial charge in [-0.25, -0.2) is 0 Å². The molecule has 72 valence electrons. The second-order valence-electron chi connectivity index (χ2n) is 2.72. The van der Waals surface area contributed by atoms with E-state index in [4.69, 9.17) is 15.2 Å². The van der Waals surface area contributed by atoms with Gasteiger partial charge in [0.1, 0.15) is 12.4 Å². The molecule has 0 radical (unpaired) electrons. The zero-order valence-electron chi connectivity index (χ0n) is 7.91. The van der Waals surface area contributed by atoms with Crippen molar-refractivity contribution >= 4 is 5.69 Å². The summed E-state index contributed by atoms with van der Waals surface area (Å²) in [6.07, 6.45) is 3.30. The smallest absolute Gasteiger partial charge is 0.148 e. The number of pyridine rings is 1. The van der Waals surface area contributed by atoms with E-state index in [-0.39, 0.29) is 0 Å². The topological polar surface area (TPSA) is 57.4 Å². The summed E-state index contributed by atoms with van der Waals surface area (Å²) in [5.41, 5.74) is 7.18. The fourth-order valence-electron chi connectivity index (χ4n) is 0.999. The van der Waals surface area contributed by atoms with Gasteiger partial charge in [0.25, 0.3) is 0 Å². The minimum atomic E-state index is 0.506. The Labute approximate surface area is 77.7 Å². The fourth-order valence-corrected chi connectivity index (χ4v) is 0.999. The average molecular weight is 182 g/mol. The minimum Gasteiger partial charge on any atom is -0.489 e. The van der Waals surface area contributed by atoms with Gasteiger partial charge in [0.15, 0.2) is 0 Å². The first-order valence-corrected chi connectivity index (χ1v) is 4.07. The van der Waals surface area contributed by atoms with E-state index >= 15 is 0 Å². The van der Waals surface area contributed by atoms with Gasteiger partial charge in [-0.15, -0.1) is 0 Å². The number of rotatable bonds is 4. The van der Waals surface area contributed by atoms with Crippen LogP contribution in [0.1, 0.15) is 5.56 Å². The second-order valence-corrected chi connectivity index (χ2v) is 2.72. The van der Waals surface area contributed by atoms with E-state index in [1.807, 2.05) is 6.92 Å². The molecule has 4 nitrogen and oxygen atoms in total. The number of nitrogens with two attached hydrogens (primary N) is 1. The van der Waals surface area contributed by atoms with Crippen LogP contribution in [0.5, 0.6) is 5.75 Å². The van der Waals surface area contributed by atoms with Gasteiger partial charge in [0, 0.05) is 18.9 Å². The van der Waals surface area contributed by atoms with Gasteiger partial charge in [-0.05, 0) is 6.92 Å². The Morgan fingerprint density at radius 1 is 1.38 bits per heavy atom. The van der Waals surface area contributed by atoms with Crippen molar-refractivity contribution in [3.8, 4) is 5.75 Å². The van der Waals surface area contributed by atoms with Gasteiger partial charge >= 0.3 is 0 Å². The molecule has 13 heavy (non-hydrogen) atoms. The Hall–Kier alpha value is -1.29. The summed E-state index contributed by atoms with van der Waals surface area (Å²) < 4.78 is 10.3. The molecule has 0 aliphatic carbocycles. The summed E-state index contributed by atoms with van der Waals surface area (Å²) >= 11 is 0. The number of hydrogen-bond donors (Lipinski definition) is 1. The Morgan fingerprint density at radius 2 is 2.15 bits per heavy atom. The average Bonchev–Trinajstić information content (AvgIpc) is 2.10. The normalized spacial score (nSPS) is 10.0. The number of aromatic nitrogens is 1. The maximum atomic E-state index is 5.68. The Kier molecular flexibility index (Phi) is 3.52. The molecule has 4 heteroatoms. The quantitative estimate of drug-likeness (QED) is 0.706. The standard InChI is InChI=1S/C9H14N2O2/c1-7-5-11-6-8(10)9(7)13-4-3-12-2/h5-6H,3-4,10H2,1-2H3. The van der Waals surface area contributed by atoms with Crippen LogP contribution in [0.2, 0.25) is 0 Å². The summed E-state index contributed by atoms with van der Waals surface area (Å²) in [4.78, 5) is 3.94. The van der Waals surface area contributed by atoms with E-state index in [9.17, 15) is 0 Å². The van der Waals surface area contributed by atoms with Crippen molar-refractivity contribution in [1.29, 1.82) is 0 Å². The number of nitrogens with zero attached hydrogens (tertiary/aromatic N) is 1. The first-order valence-electron chi connectivity index (χ1n) is 4.07. The monoisotopic (exact) mass is 182 g/mol. The molecule has 0 spiro atoms. The lowest BCUT2D eigenvalue weighted by atomic mass is 10.2. The largest absolute Gasteiger partial charge is 0.489 e. The number of nitrogen functional groups attached to an aromatic ring is 1. The first-order chi connectivity index (χ1) is 6.25. The SMILES string of the molecule is COCCOc1c(C)cncc1N. The molecular weight excluding hydrogens is 168 g/mol. The number of methoxy groups -OCH3 is 1. The number of anilines is 1. The zero-order chi connectivity index (χ0) is 9.68. The third-order valence-corrected chi connectivity index (χ3v) is 1.64. The molecule has 2 N–H and O–H groups in total. The van der Waals surface area contributed by atoms with Crippen LogP contribution >= 0.6 is 0 Å². The number of hydrogen-bond acceptors (Lipinski definition) is 4. The molecule has 0 unspecified atom stereocenters. The van der Waals surface area contributed by atoms with Crippen molar-refractivity contribution in [2.45, 2.75) is 6.92 Å². The van der Waals surface area contributed by atoms with Gasteiger partial charge in [-0.2, -0.15) is 0 Å². The maximum Gasteiger partial charge on any atom is 0.148 e. The molecule has 0 saturated heterocycles. The van der Waals surface area contributed by atoms with E-state index in [0.717, 1.165) is 5.56 Å². The van der Waals surface area contributed by atoms with E-state index < -0.39 is 0 Å². The van der Waals surface area contributed by atoms with Gasteiger partial charge in [-0.1, -0.05) is 0 Å². The Balaban J connectivity index is 2.64. The van der Waals surface area contributed by atoms with Crippen LogP contribution in [-0.2, 0) is 4.74 Å². The van der Waals surface area contributed by atoms with Crippen molar-refractivity contribution in [3.63, 3.8) is 0 Å². The van der Waals surface area contributed by atoms with Crippen LogP contribution in [0.25, 0.3) is 0 Å². The predicted molar refractivity (Wildman–Crippen MR) is 50.8 cm³/mol. The van der Waals surface area contributed by atoms with E-state index in [1.165, 1.54) is 0 Å². The molecule has 1 aromatic rings. The van der Waals surface area contributed by atoms with Crippen LogP contribution in [-0.4, -0.2) is 25.3 Å². The zero-order valence-corrected chi connectivity index (χ0v) is 7.91. The molecule has 0 bridgehead atoms. The molecule has 0 aliphatic rings. The summed E-state index contributed by atoms with van der Waals surface area (Å²) in [5, 5.41) is 0. The van der Waals surface area contributed by atoms with Gasteiger partial charge < -0.3 is 15.2 Å². The number of ether oxygens (including phenoxy) is 2. The second kappa shape index (κ2) is 4.67. The van der Waals surface area contributed by atoms with Crippen molar-refractivity contribution in [3.05, 3.63) is 18.0 Å². The Bertz CT molecular complexity index is 256. The Morgan fingerprint density at radius 3 is 2.77 bits per heavy atom. The maximum absolute atomic E-state index is 5.68. The van der Waals surface area contributed by atoms with Crippen molar-refractivity contribution < 1.29 is 9.47 Å². The highest BCUT2D eigenvalue weighted by atomic mass is 16.5. The highest BCUT2D eigenvalue weighted by molar-refractivity contribution is 5.53. The molecule has 1 heterocycles. The van der Waals surface area contributed by atoms with Crippen molar-refractivity contribution in [2.24, 2.45) is 0 Å². The first kappa shape index (κ1) is 9.80. The fraction of sp³-hybridized carbons (Fsp3) is 0.444. The highest BCUT2D eigenvalue weighted by Gasteiger charge is 2.03. The molecule has 0 fully saturated rings. The molecular formula is C9H14N2O2. The summed E-state index contributed by atoms with van der Waals surface area (Å²) in [7, 11) is 1.63. The van der Waals surface area contributed by atoms with E-state index in [2.05, 4.69) is 4.98 Å². The third-order valence-electron chi connectivity index (χ3n) is 1.64. The molecule has 0 saturated carbocycles. The summed E-state index contributed by atoms with van der Waals surface area (Å²) in [6.45, 7) is 2.97. The van der Waals surface area contributed by atoms with E-state index in [1.54, 1.807) is 19.5 Å². The number of aryl methyl sites for hydroxylation is 1. The van der Waals surface area contributed by atoms with Crippen molar-refractivity contribution in [1.82, 2.24) is 4.98 Å². The lowest BCUT2D eigenvalue weighted by Gasteiger charge is -2.09. The van der Waals surface area contributed by atoms with Crippen LogP contribution in [0.15, 0.2) is 12.4 Å². The van der Waals surface area contributed by atoms with Gasteiger partial charge in [0.2, 0.25) is 0 Å². The molecule has 0 atom stereocenters. The van der Waals surface area contributed by atoms with Crippen LogP contribution in [0, 0.1) is 6.92 Å². The predicted octanol–water partition coefficient (Wildman–Crippen LogP) is 0.997. The van der Waals surface area contributed by atoms with Crippen LogP contribution in [0.3, 0.4) is 0 Å². The van der Waals surface area contributed by atoms with Gasteiger partial charge in [-0.3, -0.25) is 4.98 Å². The van der Waals surface area contributed by atoms with E-state index in [0.29, 0.717) is 24.7 Å². The highest BCUT2D eigenvalue weighted by Crippen LogP contribution is 2.23. The molecule has 0 amide bonds. The lowest BCUT2D eigenvalue weighted by molar-refractivity contribution is 0.146. The molecule has 0 aromatic carbocycles. The molecule has 1 rings (SSSR count). The summed E-state index contributed by atoms with van der Waals surface area (Å²) in [6, 6.07) is 0. The third kappa shape index (κ3) is 2.59. The summed E-state index contributed by atoms with van der Waals surface area (Å²) in [5.74, 6) is 0.701. The van der Waals surface area contributed by atoms with Crippen LogP contribution in [0.4, 0.5) is 5.69 Å². The van der Waals surface area contributed by atoms with Gasteiger partial charge in [0.05, 0.1) is 18.5 Å².